The predicted octanol–water partition coefficient (Wildman–Crippen LogP) is 2.67. The molecule has 0 aromatic heterocycles. The van der Waals surface area contributed by atoms with Crippen LogP contribution in [0, 0.1) is 0 Å². The summed E-state index contributed by atoms with van der Waals surface area (Å²) >= 11 is 0. The predicted molar refractivity (Wildman–Crippen MR) is 45.5 cm³/mol. The molecule has 110 valence electrons. The number of carbonyl (C=O) groups is 1. The maximum Gasteiger partial charge on any atom is 0.460 e. The van der Waals surface area contributed by atoms with E-state index in [0.717, 1.165) is 14.0 Å². The van der Waals surface area contributed by atoms with Gasteiger partial charge in [0, 0.05) is 20.1 Å². The van der Waals surface area contributed by atoms with Crippen LogP contribution in [0.2, 0.25) is 0 Å². The van der Waals surface area contributed by atoms with Gasteiger partial charge in [-0.25, -0.2) is 0 Å². The van der Waals surface area contributed by atoms with Crippen LogP contribution in [0.25, 0.3) is 0 Å². The van der Waals surface area contributed by atoms with Gasteiger partial charge in [0.25, 0.3) is 5.79 Å². The lowest BCUT2D eigenvalue weighted by Crippen LogP contribution is -2.53. The lowest BCUT2D eigenvalue weighted by Gasteiger charge is -2.30. The fourth-order valence-corrected chi connectivity index (χ4v) is 1.17. The largest absolute Gasteiger partial charge is 0.460 e. The maximum atomic E-state index is 13.2. The minimum absolute atomic E-state index is 0.136. The molecule has 1 aliphatic heterocycles. The van der Waals surface area contributed by atoms with E-state index in [-0.39, 0.29) is 6.08 Å². The van der Waals surface area contributed by atoms with Gasteiger partial charge >= 0.3 is 18.0 Å². The maximum absolute atomic E-state index is 13.2. The number of carbonyl (C=O) groups excluding carboxylic acids is 1. The molecule has 1 atom stereocenters. The Hall–Kier alpha value is -1.32. The monoisotopic (exact) mass is 296 g/mol. The van der Waals surface area contributed by atoms with E-state index < -0.39 is 35.4 Å². The summed E-state index contributed by atoms with van der Waals surface area (Å²) in [6, 6.07) is 0. The number of halogens is 7. The van der Waals surface area contributed by atoms with Gasteiger partial charge < -0.3 is 9.47 Å². The average molecular weight is 296 g/mol. The van der Waals surface area contributed by atoms with Crippen LogP contribution in [0.5, 0.6) is 0 Å². The highest BCUT2D eigenvalue weighted by atomic mass is 19.4. The first-order valence-corrected chi connectivity index (χ1v) is 4.62. The Morgan fingerprint density at radius 2 is 1.63 bits per heavy atom. The summed E-state index contributed by atoms with van der Waals surface area (Å²) in [6.07, 6.45) is -6.64. The van der Waals surface area contributed by atoms with Crippen LogP contribution in [0.3, 0.4) is 0 Å². The van der Waals surface area contributed by atoms with Gasteiger partial charge in [0.1, 0.15) is 0 Å². The first-order chi connectivity index (χ1) is 8.29. The van der Waals surface area contributed by atoms with Gasteiger partial charge in [0.2, 0.25) is 5.78 Å². The molecule has 0 aliphatic carbocycles. The van der Waals surface area contributed by atoms with Crippen LogP contribution in [0.15, 0.2) is 11.8 Å². The van der Waals surface area contributed by atoms with Crippen molar-refractivity contribution in [3.63, 3.8) is 0 Å². The number of hydrogen-bond acceptors (Lipinski definition) is 3. The summed E-state index contributed by atoms with van der Waals surface area (Å²) in [5.74, 6) is -17.9. The van der Waals surface area contributed by atoms with Gasteiger partial charge in [0.15, 0.2) is 5.76 Å². The van der Waals surface area contributed by atoms with Gasteiger partial charge in [-0.15, -0.1) is 0 Å². The van der Waals surface area contributed by atoms with Crippen molar-refractivity contribution in [2.75, 3.05) is 7.11 Å². The van der Waals surface area contributed by atoms with Gasteiger partial charge in [-0.3, -0.25) is 4.79 Å². The Morgan fingerprint density at radius 3 is 1.95 bits per heavy atom. The topological polar surface area (TPSA) is 35.5 Å². The second kappa shape index (κ2) is 4.09. The highest BCUT2D eigenvalue weighted by Gasteiger charge is 2.76. The van der Waals surface area contributed by atoms with E-state index in [2.05, 4.69) is 9.47 Å². The smallest absolute Gasteiger partial charge is 0.452 e. The van der Waals surface area contributed by atoms with Crippen LogP contribution in [0.4, 0.5) is 30.7 Å². The molecule has 1 aliphatic rings. The fourth-order valence-electron chi connectivity index (χ4n) is 1.17. The molecule has 0 spiro atoms. The first-order valence-electron chi connectivity index (χ1n) is 4.62. The lowest BCUT2D eigenvalue weighted by molar-refractivity contribution is -0.354. The lowest BCUT2D eigenvalue weighted by atomic mass is 10.1. The van der Waals surface area contributed by atoms with Crippen molar-refractivity contribution in [1.82, 2.24) is 0 Å². The third kappa shape index (κ3) is 2.17. The highest BCUT2D eigenvalue weighted by molar-refractivity contribution is 5.98. The molecule has 0 aromatic rings. The second-order valence-corrected chi connectivity index (χ2v) is 3.77. The number of methoxy groups -OCH3 is 1. The fraction of sp³-hybridized carbons (Fsp3) is 0.667. The number of alkyl halides is 7. The van der Waals surface area contributed by atoms with Crippen molar-refractivity contribution in [3.8, 4) is 0 Å². The number of allylic oxidation sites excluding steroid dienone is 1. The second-order valence-electron chi connectivity index (χ2n) is 3.77. The molecule has 3 nitrogen and oxygen atoms in total. The zero-order valence-electron chi connectivity index (χ0n) is 9.45. The molecule has 0 saturated carbocycles. The number of ketones is 1. The molecular weight excluding hydrogens is 289 g/mol. The Kier molecular flexibility index (Phi) is 3.38. The Balaban J connectivity index is 3.18. The normalized spacial score (nSPS) is 25.3. The van der Waals surface area contributed by atoms with Crippen LogP contribution in [-0.2, 0) is 14.3 Å². The molecular formula is C9H7F7O3. The van der Waals surface area contributed by atoms with E-state index >= 15 is 0 Å². The van der Waals surface area contributed by atoms with E-state index in [4.69, 9.17) is 0 Å². The molecule has 19 heavy (non-hydrogen) atoms. The van der Waals surface area contributed by atoms with E-state index in [1.54, 1.807) is 0 Å². The summed E-state index contributed by atoms with van der Waals surface area (Å²) in [5, 5.41) is 0. The summed E-state index contributed by atoms with van der Waals surface area (Å²) in [5.41, 5.74) is 0. The zero-order valence-corrected chi connectivity index (χ0v) is 9.45. The number of ether oxygens (including phenoxy) is 2. The third-order valence-electron chi connectivity index (χ3n) is 2.46. The summed E-state index contributed by atoms with van der Waals surface area (Å²) in [7, 11) is 0.842. The molecule has 1 unspecified atom stereocenters. The number of hydrogen-bond donors (Lipinski definition) is 0. The highest BCUT2D eigenvalue weighted by Crippen LogP contribution is 2.51. The molecule has 0 fully saturated rings. The molecule has 0 aromatic carbocycles. The van der Waals surface area contributed by atoms with Crippen LogP contribution in [-0.4, -0.2) is 36.7 Å². The standard InChI is InChI=1S/C9H7F7O3/c1-6(18-2)4(17)3-5(19-6)7(10,11)8(12,13)9(14,15)16/h3H,1-2H3. The molecule has 10 heteroatoms. The zero-order chi connectivity index (χ0) is 15.3. The molecule has 0 amide bonds. The number of rotatable bonds is 3. The SMILES string of the molecule is COC1(C)OC(C(F)(F)C(F)(F)C(F)(F)F)=CC1=O. The minimum atomic E-state index is -6.50. The van der Waals surface area contributed by atoms with Crippen molar-refractivity contribution < 1.29 is 45.0 Å². The molecule has 0 bridgehead atoms. The van der Waals surface area contributed by atoms with Gasteiger partial charge in [-0.05, 0) is 0 Å². The van der Waals surface area contributed by atoms with E-state index in [9.17, 15) is 35.5 Å². The Morgan fingerprint density at radius 1 is 1.16 bits per heavy atom. The van der Waals surface area contributed by atoms with Crippen LogP contribution < -0.4 is 0 Å². The quantitative estimate of drug-likeness (QED) is 0.751. The van der Waals surface area contributed by atoms with Crippen LogP contribution in [0.1, 0.15) is 6.92 Å². The van der Waals surface area contributed by atoms with Crippen molar-refractivity contribution in [2.45, 2.75) is 30.7 Å². The molecule has 1 rings (SSSR count). The average Bonchev–Trinajstić information content (AvgIpc) is 2.55. The van der Waals surface area contributed by atoms with Crippen molar-refractivity contribution in [2.24, 2.45) is 0 Å². The van der Waals surface area contributed by atoms with Crippen LogP contribution >= 0.6 is 0 Å². The van der Waals surface area contributed by atoms with E-state index in [0.29, 0.717) is 0 Å². The molecule has 0 N–H and O–H groups in total. The Bertz CT molecular complexity index is 426. The molecule has 0 saturated heterocycles. The van der Waals surface area contributed by atoms with E-state index in [1.165, 1.54) is 0 Å². The summed E-state index contributed by atoms with van der Waals surface area (Å²) < 4.78 is 96.0. The van der Waals surface area contributed by atoms with Crippen molar-refractivity contribution in [1.29, 1.82) is 0 Å². The minimum Gasteiger partial charge on any atom is -0.452 e. The van der Waals surface area contributed by atoms with Gasteiger partial charge in [0.05, 0.1) is 0 Å². The van der Waals surface area contributed by atoms with E-state index in [1.807, 2.05) is 0 Å². The summed E-state index contributed by atoms with van der Waals surface area (Å²) in [6.45, 7) is 0.806. The van der Waals surface area contributed by atoms with Crippen molar-refractivity contribution in [3.05, 3.63) is 11.8 Å². The molecule has 0 radical (unpaired) electrons. The summed E-state index contributed by atoms with van der Waals surface area (Å²) in [4.78, 5) is 11.2. The first kappa shape index (κ1) is 15.7. The van der Waals surface area contributed by atoms with Gasteiger partial charge in [-0.2, -0.15) is 30.7 Å². The third-order valence-corrected chi connectivity index (χ3v) is 2.46. The van der Waals surface area contributed by atoms with Gasteiger partial charge in [-0.1, -0.05) is 0 Å². The molecule has 1 heterocycles. The Labute approximate surface area is 102 Å². The van der Waals surface area contributed by atoms with Crippen molar-refractivity contribution >= 4 is 5.78 Å².